The first-order chi connectivity index (χ1) is 10.2. The molecule has 1 heterocycles. The van der Waals surface area contributed by atoms with E-state index in [1.165, 1.54) is 0 Å². The summed E-state index contributed by atoms with van der Waals surface area (Å²) in [7, 11) is 0. The average molecular weight is 316 g/mol. The highest BCUT2D eigenvalue weighted by Gasteiger charge is 2.12. The van der Waals surface area contributed by atoms with Crippen LogP contribution in [0.2, 0.25) is 5.02 Å². The second kappa shape index (κ2) is 6.48. The fourth-order valence-electron chi connectivity index (χ4n) is 2.19. The molecule has 0 aliphatic heterocycles. The first-order valence-corrected chi connectivity index (χ1v) is 8.00. The molecule has 0 saturated carbocycles. The van der Waals surface area contributed by atoms with E-state index in [-0.39, 0.29) is 0 Å². The molecule has 0 radical (unpaired) electrons. The maximum atomic E-state index is 10.4. The minimum atomic E-state index is -0.552. The second-order valence-electron chi connectivity index (χ2n) is 4.70. The van der Waals surface area contributed by atoms with Crippen molar-refractivity contribution < 1.29 is 5.11 Å². The molecule has 1 N–H and O–H groups in total. The minimum Gasteiger partial charge on any atom is -0.387 e. The summed E-state index contributed by atoms with van der Waals surface area (Å²) in [6, 6.07) is 17.4. The third-order valence-electron chi connectivity index (χ3n) is 3.24. The van der Waals surface area contributed by atoms with Crippen molar-refractivity contribution in [2.75, 3.05) is 5.75 Å². The maximum absolute atomic E-state index is 10.4. The van der Waals surface area contributed by atoms with Gasteiger partial charge in [0.15, 0.2) is 0 Å². The lowest BCUT2D eigenvalue weighted by Crippen LogP contribution is -2.02. The lowest BCUT2D eigenvalue weighted by atomic mass is 10.1. The summed E-state index contributed by atoms with van der Waals surface area (Å²) >= 11 is 7.47. The van der Waals surface area contributed by atoms with Gasteiger partial charge in [-0.3, -0.25) is 4.98 Å². The highest BCUT2D eigenvalue weighted by molar-refractivity contribution is 7.99. The van der Waals surface area contributed by atoms with E-state index in [0.717, 1.165) is 26.4 Å². The minimum absolute atomic E-state index is 0.552. The van der Waals surface area contributed by atoms with Crippen LogP contribution >= 0.6 is 23.4 Å². The quantitative estimate of drug-likeness (QED) is 0.708. The monoisotopic (exact) mass is 315 g/mol. The lowest BCUT2D eigenvalue weighted by molar-refractivity contribution is 0.205. The molecule has 21 heavy (non-hydrogen) atoms. The Bertz CT molecular complexity index is 740. The number of fused-ring (bicyclic) bond motifs is 1. The van der Waals surface area contributed by atoms with E-state index < -0.39 is 6.10 Å². The Hall–Kier alpha value is -1.55. The smallest absolute Gasteiger partial charge is 0.0904 e. The number of hydrogen-bond acceptors (Lipinski definition) is 3. The summed E-state index contributed by atoms with van der Waals surface area (Å²) in [6.07, 6.45) is 1.20. The number of thioether (sulfide) groups is 1. The highest BCUT2D eigenvalue weighted by atomic mass is 35.5. The Morgan fingerprint density at radius 1 is 1.05 bits per heavy atom. The molecule has 0 aliphatic rings. The van der Waals surface area contributed by atoms with Gasteiger partial charge in [-0.25, -0.2) is 0 Å². The zero-order valence-corrected chi connectivity index (χ0v) is 12.8. The molecule has 4 heteroatoms. The predicted octanol–water partition coefficient (Wildman–Crippen LogP) is 4.71. The zero-order valence-electron chi connectivity index (χ0n) is 11.2. The van der Waals surface area contributed by atoms with E-state index >= 15 is 0 Å². The topological polar surface area (TPSA) is 33.1 Å². The van der Waals surface area contributed by atoms with Crippen LogP contribution in [0.5, 0.6) is 0 Å². The number of hydrogen-bond donors (Lipinski definition) is 1. The van der Waals surface area contributed by atoms with Gasteiger partial charge in [-0.1, -0.05) is 35.9 Å². The first-order valence-electron chi connectivity index (χ1n) is 6.64. The molecule has 3 rings (SSSR count). The van der Waals surface area contributed by atoms with Crippen molar-refractivity contribution in [1.29, 1.82) is 0 Å². The lowest BCUT2D eigenvalue weighted by Gasteiger charge is -2.12. The third-order valence-corrected chi connectivity index (χ3v) is 4.58. The standard InChI is InChI=1S/C17H14ClNOS/c18-13-6-8-14(9-7-13)21-11-16(20)15-5-1-3-12-4-2-10-19-17(12)15/h1-10,16,20H,11H2. The molecule has 1 aromatic heterocycles. The summed E-state index contributed by atoms with van der Waals surface area (Å²) in [4.78, 5) is 5.47. The molecule has 2 aromatic carbocycles. The number of benzene rings is 2. The van der Waals surface area contributed by atoms with Gasteiger partial charge in [-0.15, -0.1) is 11.8 Å². The van der Waals surface area contributed by atoms with Crippen molar-refractivity contribution in [2.24, 2.45) is 0 Å². The summed E-state index contributed by atoms with van der Waals surface area (Å²) < 4.78 is 0. The van der Waals surface area contributed by atoms with Crippen LogP contribution in [-0.2, 0) is 0 Å². The molecular formula is C17H14ClNOS. The number of pyridine rings is 1. The number of aromatic nitrogens is 1. The number of halogens is 1. The molecular weight excluding hydrogens is 302 g/mol. The van der Waals surface area contributed by atoms with E-state index in [1.807, 2.05) is 54.6 Å². The van der Waals surface area contributed by atoms with Gasteiger partial charge >= 0.3 is 0 Å². The van der Waals surface area contributed by atoms with E-state index in [9.17, 15) is 5.11 Å². The van der Waals surface area contributed by atoms with Crippen molar-refractivity contribution >= 4 is 34.3 Å². The molecule has 1 atom stereocenters. The first kappa shape index (κ1) is 14.4. The van der Waals surface area contributed by atoms with Crippen LogP contribution in [0, 0.1) is 0 Å². The Balaban J connectivity index is 1.78. The van der Waals surface area contributed by atoms with Crippen LogP contribution in [0.25, 0.3) is 10.9 Å². The molecule has 1 unspecified atom stereocenters. The molecule has 0 bridgehead atoms. The van der Waals surface area contributed by atoms with Gasteiger partial charge in [0, 0.05) is 32.8 Å². The van der Waals surface area contributed by atoms with Crippen molar-refractivity contribution in [2.45, 2.75) is 11.0 Å². The number of aliphatic hydroxyl groups excluding tert-OH is 1. The molecule has 0 fully saturated rings. The largest absolute Gasteiger partial charge is 0.387 e. The van der Waals surface area contributed by atoms with Crippen molar-refractivity contribution in [3.63, 3.8) is 0 Å². The van der Waals surface area contributed by atoms with Crippen LogP contribution in [0.3, 0.4) is 0 Å². The zero-order chi connectivity index (χ0) is 14.7. The Morgan fingerprint density at radius 3 is 2.62 bits per heavy atom. The third kappa shape index (κ3) is 3.38. The summed E-state index contributed by atoms with van der Waals surface area (Å²) in [6.45, 7) is 0. The van der Waals surface area contributed by atoms with Crippen LogP contribution in [-0.4, -0.2) is 15.8 Å². The van der Waals surface area contributed by atoms with Crippen LogP contribution in [0.4, 0.5) is 0 Å². The average Bonchev–Trinajstić information content (AvgIpc) is 2.53. The van der Waals surface area contributed by atoms with Crippen LogP contribution < -0.4 is 0 Å². The van der Waals surface area contributed by atoms with Gasteiger partial charge in [0.05, 0.1) is 11.6 Å². The van der Waals surface area contributed by atoms with E-state index in [2.05, 4.69) is 4.98 Å². The fourth-order valence-corrected chi connectivity index (χ4v) is 3.18. The Morgan fingerprint density at radius 2 is 1.81 bits per heavy atom. The van der Waals surface area contributed by atoms with E-state index in [0.29, 0.717) is 5.75 Å². The fraction of sp³-hybridized carbons (Fsp3) is 0.118. The molecule has 0 aliphatic carbocycles. The number of aliphatic hydroxyl groups is 1. The van der Waals surface area contributed by atoms with Gasteiger partial charge in [-0.05, 0) is 30.3 Å². The van der Waals surface area contributed by atoms with Crippen LogP contribution in [0.15, 0.2) is 65.7 Å². The van der Waals surface area contributed by atoms with E-state index in [4.69, 9.17) is 11.6 Å². The summed E-state index contributed by atoms with van der Waals surface area (Å²) in [5.74, 6) is 0.581. The highest BCUT2D eigenvalue weighted by Crippen LogP contribution is 2.28. The van der Waals surface area contributed by atoms with Crippen molar-refractivity contribution in [3.8, 4) is 0 Å². The molecule has 3 aromatic rings. The van der Waals surface area contributed by atoms with Gasteiger partial charge in [0.2, 0.25) is 0 Å². The van der Waals surface area contributed by atoms with Gasteiger partial charge in [0.1, 0.15) is 0 Å². The van der Waals surface area contributed by atoms with Gasteiger partial charge in [0.25, 0.3) is 0 Å². The van der Waals surface area contributed by atoms with Crippen molar-refractivity contribution in [1.82, 2.24) is 4.98 Å². The summed E-state index contributed by atoms with van der Waals surface area (Å²) in [5, 5.41) is 12.2. The summed E-state index contributed by atoms with van der Waals surface area (Å²) in [5.41, 5.74) is 1.73. The Labute approximate surface area is 132 Å². The Kier molecular flexibility index (Phi) is 4.44. The maximum Gasteiger partial charge on any atom is 0.0904 e. The number of rotatable bonds is 4. The molecule has 2 nitrogen and oxygen atoms in total. The number of para-hydroxylation sites is 1. The second-order valence-corrected chi connectivity index (χ2v) is 6.23. The van der Waals surface area contributed by atoms with Crippen LogP contribution in [0.1, 0.15) is 11.7 Å². The predicted molar refractivity (Wildman–Crippen MR) is 88.9 cm³/mol. The molecule has 0 saturated heterocycles. The SMILES string of the molecule is OC(CSc1ccc(Cl)cc1)c1cccc2cccnc12. The normalized spacial score (nSPS) is 12.5. The van der Waals surface area contributed by atoms with Gasteiger partial charge in [-0.2, -0.15) is 0 Å². The molecule has 106 valence electrons. The number of nitrogens with zero attached hydrogens (tertiary/aromatic N) is 1. The van der Waals surface area contributed by atoms with Crippen molar-refractivity contribution in [3.05, 3.63) is 71.4 Å². The van der Waals surface area contributed by atoms with E-state index in [1.54, 1.807) is 18.0 Å². The molecule has 0 amide bonds. The molecule has 0 spiro atoms. The van der Waals surface area contributed by atoms with Gasteiger partial charge < -0.3 is 5.11 Å².